The van der Waals surface area contributed by atoms with Gasteiger partial charge in [-0.1, -0.05) is 13.8 Å². The maximum Gasteiger partial charge on any atom is 0.0143 e. The number of hydrogen-bond donors (Lipinski definition) is 0. The minimum Gasteiger partial charge on any atom is -0.155 e. The Labute approximate surface area is 43.3 Å². The van der Waals surface area contributed by atoms with Crippen LogP contribution in [0, 0.1) is 6.42 Å². The molecule has 1 aliphatic rings. The third-order valence-corrected chi connectivity index (χ3v) is 2.27. The van der Waals surface area contributed by atoms with E-state index in [0.717, 1.165) is 0 Å². The molecule has 1 rings (SSSR count). The Bertz CT molecular complexity index is 51.0. The van der Waals surface area contributed by atoms with Crippen LogP contribution < -0.4 is 0 Å². The van der Waals surface area contributed by atoms with Gasteiger partial charge in [0, 0.05) is 4.75 Å². The van der Waals surface area contributed by atoms with E-state index >= 15 is 0 Å². The zero-order chi connectivity index (χ0) is 4.62. The summed E-state index contributed by atoms with van der Waals surface area (Å²) in [5.74, 6) is 1.26. The van der Waals surface area contributed by atoms with E-state index < -0.39 is 0 Å². The van der Waals surface area contributed by atoms with Crippen molar-refractivity contribution >= 4 is 11.8 Å². The fourth-order valence-electron chi connectivity index (χ4n) is 0.417. The van der Waals surface area contributed by atoms with E-state index in [9.17, 15) is 0 Å². The summed E-state index contributed by atoms with van der Waals surface area (Å²) >= 11 is 2.01. The van der Waals surface area contributed by atoms with Crippen LogP contribution in [-0.4, -0.2) is 10.5 Å². The average Bonchev–Trinajstić information content (AvgIpc) is 1.32. The standard InChI is InChI=1S/C5H9S/c1-5(2)3-4-6-5/h3H,4H2,1-2H3. The van der Waals surface area contributed by atoms with Crippen molar-refractivity contribution < 1.29 is 0 Å². The first-order valence-corrected chi connectivity index (χ1v) is 3.18. The van der Waals surface area contributed by atoms with E-state index in [1.54, 1.807) is 0 Å². The highest BCUT2D eigenvalue weighted by atomic mass is 32.2. The van der Waals surface area contributed by atoms with Gasteiger partial charge in [0.15, 0.2) is 0 Å². The lowest BCUT2D eigenvalue weighted by molar-refractivity contribution is 0.791. The zero-order valence-electron chi connectivity index (χ0n) is 4.19. The molecule has 1 heteroatoms. The fourth-order valence-corrected chi connectivity index (χ4v) is 1.25. The molecular weight excluding hydrogens is 92.1 g/mol. The molecule has 0 aliphatic carbocycles. The van der Waals surface area contributed by atoms with Gasteiger partial charge in [-0.2, -0.15) is 11.8 Å². The molecule has 35 valence electrons. The molecule has 0 saturated carbocycles. The highest BCUT2D eigenvalue weighted by Crippen LogP contribution is 2.37. The lowest BCUT2D eigenvalue weighted by Crippen LogP contribution is -2.26. The molecule has 1 radical (unpaired) electrons. The fraction of sp³-hybridized carbons (Fsp3) is 0.800. The molecule has 0 atom stereocenters. The molecule has 0 aromatic heterocycles. The smallest absolute Gasteiger partial charge is 0.0143 e. The molecule has 1 heterocycles. The van der Waals surface area contributed by atoms with Crippen LogP contribution in [0.4, 0.5) is 0 Å². The zero-order valence-corrected chi connectivity index (χ0v) is 5.01. The van der Waals surface area contributed by atoms with Crippen LogP contribution in [-0.2, 0) is 0 Å². The van der Waals surface area contributed by atoms with Crippen molar-refractivity contribution in [3.63, 3.8) is 0 Å². The minimum absolute atomic E-state index is 0.514. The molecule has 0 spiro atoms. The molecule has 1 saturated heterocycles. The van der Waals surface area contributed by atoms with Crippen LogP contribution in [0.1, 0.15) is 13.8 Å². The summed E-state index contributed by atoms with van der Waals surface area (Å²) < 4.78 is 0.514. The van der Waals surface area contributed by atoms with Crippen molar-refractivity contribution in [3.05, 3.63) is 6.42 Å². The molecule has 1 fully saturated rings. The van der Waals surface area contributed by atoms with Crippen molar-refractivity contribution in [3.8, 4) is 0 Å². The summed E-state index contributed by atoms with van der Waals surface area (Å²) in [6.07, 6.45) is 2.33. The normalized spacial score (nSPS) is 29.0. The predicted molar refractivity (Wildman–Crippen MR) is 30.8 cm³/mol. The highest BCUT2D eigenvalue weighted by molar-refractivity contribution is 8.02. The molecule has 0 aromatic carbocycles. The van der Waals surface area contributed by atoms with Gasteiger partial charge in [0.05, 0.1) is 0 Å². The van der Waals surface area contributed by atoms with Crippen molar-refractivity contribution in [1.29, 1.82) is 0 Å². The average molecular weight is 101 g/mol. The third kappa shape index (κ3) is 0.700. The van der Waals surface area contributed by atoms with Crippen molar-refractivity contribution in [1.82, 2.24) is 0 Å². The van der Waals surface area contributed by atoms with Gasteiger partial charge in [-0.25, -0.2) is 0 Å². The van der Waals surface area contributed by atoms with Gasteiger partial charge < -0.3 is 0 Å². The molecule has 0 amide bonds. The van der Waals surface area contributed by atoms with E-state index in [2.05, 4.69) is 20.3 Å². The molecule has 0 N–H and O–H groups in total. The second-order valence-electron chi connectivity index (χ2n) is 2.12. The first-order valence-electron chi connectivity index (χ1n) is 2.19. The van der Waals surface area contributed by atoms with E-state index in [0.29, 0.717) is 4.75 Å². The Morgan fingerprint density at radius 1 is 1.67 bits per heavy atom. The summed E-state index contributed by atoms with van der Waals surface area (Å²) in [6, 6.07) is 0. The highest BCUT2D eigenvalue weighted by Gasteiger charge is 2.26. The quantitative estimate of drug-likeness (QED) is 0.447. The molecule has 0 aromatic rings. The summed E-state index contributed by atoms with van der Waals surface area (Å²) in [6.45, 7) is 4.47. The number of hydrogen-bond acceptors (Lipinski definition) is 1. The van der Waals surface area contributed by atoms with E-state index in [1.807, 2.05) is 11.8 Å². The Morgan fingerprint density at radius 2 is 2.00 bits per heavy atom. The first kappa shape index (κ1) is 4.51. The summed E-state index contributed by atoms with van der Waals surface area (Å²) in [5, 5.41) is 0. The molecule has 6 heavy (non-hydrogen) atoms. The number of rotatable bonds is 0. The Balaban J connectivity index is 2.31. The second kappa shape index (κ2) is 1.16. The van der Waals surface area contributed by atoms with Crippen molar-refractivity contribution in [2.45, 2.75) is 18.6 Å². The predicted octanol–water partition coefficient (Wildman–Crippen LogP) is 1.72. The molecule has 0 unspecified atom stereocenters. The Kier molecular flexibility index (Phi) is 0.870. The molecule has 1 aliphatic heterocycles. The van der Waals surface area contributed by atoms with Crippen molar-refractivity contribution in [2.24, 2.45) is 0 Å². The lowest BCUT2D eigenvalue weighted by atomic mass is 10.1. The van der Waals surface area contributed by atoms with E-state index in [4.69, 9.17) is 0 Å². The molecule has 0 bridgehead atoms. The van der Waals surface area contributed by atoms with Gasteiger partial charge in [-0.15, -0.1) is 0 Å². The van der Waals surface area contributed by atoms with Crippen LogP contribution >= 0.6 is 11.8 Å². The van der Waals surface area contributed by atoms with Gasteiger partial charge in [0.25, 0.3) is 0 Å². The maximum atomic E-state index is 2.33. The van der Waals surface area contributed by atoms with E-state index in [-0.39, 0.29) is 0 Å². The molecule has 0 nitrogen and oxygen atoms in total. The van der Waals surface area contributed by atoms with E-state index in [1.165, 1.54) is 5.75 Å². The SMILES string of the molecule is CC1(C)[CH]CS1. The third-order valence-electron chi connectivity index (χ3n) is 1.03. The summed E-state index contributed by atoms with van der Waals surface area (Å²) in [5.41, 5.74) is 0. The Morgan fingerprint density at radius 3 is 2.00 bits per heavy atom. The van der Waals surface area contributed by atoms with Gasteiger partial charge in [0.1, 0.15) is 0 Å². The van der Waals surface area contributed by atoms with Crippen LogP contribution in [0.2, 0.25) is 0 Å². The topological polar surface area (TPSA) is 0 Å². The summed E-state index contributed by atoms with van der Waals surface area (Å²) in [7, 11) is 0. The van der Waals surface area contributed by atoms with Gasteiger partial charge in [0.2, 0.25) is 0 Å². The molecular formula is C5H9S. The maximum absolute atomic E-state index is 2.33. The van der Waals surface area contributed by atoms with Crippen LogP contribution in [0.25, 0.3) is 0 Å². The largest absolute Gasteiger partial charge is 0.155 e. The van der Waals surface area contributed by atoms with Crippen LogP contribution in [0.5, 0.6) is 0 Å². The summed E-state index contributed by atoms with van der Waals surface area (Å²) in [4.78, 5) is 0. The number of thioether (sulfide) groups is 1. The van der Waals surface area contributed by atoms with Gasteiger partial charge >= 0.3 is 0 Å². The Hall–Kier alpha value is 0.350. The van der Waals surface area contributed by atoms with Crippen LogP contribution in [0.15, 0.2) is 0 Å². The first-order chi connectivity index (χ1) is 2.71. The minimum atomic E-state index is 0.514. The van der Waals surface area contributed by atoms with Gasteiger partial charge in [-0.05, 0) is 12.2 Å². The lowest BCUT2D eigenvalue weighted by Gasteiger charge is -2.32. The van der Waals surface area contributed by atoms with Gasteiger partial charge in [-0.3, -0.25) is 0 Å². The monoisotopic (exact) mass is 101 g/mol. The second-order valence-corrected chi connectivity index (χ2v) is 3.79. The van der Waals surface area contributed by atoms with Crippen molar-refractivity contribution in [2.75, 3.05) is 5.75 Å². The van der Waals surface area contributed by atoms with Crippen LogP contribution in [0.3, 0.4) is 0 Å².